The van der Waals surface area contributed by atoms with E-state index in [1.807, 2.05) is 24.3 Å². The Morgan fingerprint density at radius 1 is 0.279 bits per heavy atom. The van der Waals surface area contributed by atoms with E-state index in [-0.39, 0.29) is 25.7 Å². The summed E-state index contributed by atoms with van der Waals surface area (Å²) < 4.78 is 68.4. The van der Waals surface area contributed by atoms with Gasteiger partial charge in [-0.25, -0.2) is 9.13 Å². The van der Waals surface area contributed by atoms with E-state index in [1.54, 1.807) is 0 Å². The van der Waals surface area contributed by atoms with Crippen LogP contribution in [0.2, 0.25) is 0 Å². The van der Waals surface area contributed by atoms with Crippen LogP contribution in [-0.2, 0) is 65.4 Å². The van der Waals surface area contributed by atoms with Crippen LogP contribution in [0.15, 0.2) is 182 Å². The van der Waals surface area contributed by atoms with Crippen LogP contribution in [0.4, 0.5) is 0 Å². The van der Waals surface area contributed by atoms with Gasteiger partial charge in [-0.05, 0) is 167 Å². The van der Waals surface area contributed by atoms with Crippen molar-refractivity contribution in [1.82, 2.24) is 0 Å². The van der Waals surface area contributed by atoms with Crippen LogP contribution in [-0.4, -0.2) is 96.7 Å². The normalized spacial score (nSPS) is 14.9. The van der Waals surface area contributed by atoms with Crippen molar-refractivity contribution in [3.63, 3.8) is 0 Å². The highest BCUT2D eigenvalue weighted by atomic mass is 31.2. The fourth-order valence-electron chi connectivity index (χ4n) is 9.51. The number of carbonyl (C=O) groups is 4. The molecule has 0 aromatic carbocycles. The Labute approximate surface area is 628 Å². The quantitative estimate of drug-likeness (QED) is 0.0169. The Morgan fingerprint density at radius 2 is 0.519 bits per heavy atom. The van der Waals surface area contributed by atoms with E-state index in [1.165, 1.54) is 19.3 Å². The lowest BCUT2D eigenvalue weighted by atomic mass is 10.1. The number of ether oxygens (including phenoxy) is 4. The number of rotatable bonds is 71. The van der Waals surface area contributed by atoms with Crippen LogP contribution in [0.25, 0.3) is 0 Å². The summed E-state index contributed by atoms with van der Waals surface area (Å²) in [6.45, 7) is 4.31. The summed E-state index contributed by atoms with van der Waals surface area (Å²) in [5.74, 6) is -2.37. The summed E-state index contributed by atoms with van der Waals surface area (Å²) in [5.41, 5.74) is 0. The summed E-state index contributed by atoms with van der Waals surface area (Å²) in [4.78, 5) is 72.9. The summed E-state index contributed by atoms with van der Waals surface area (Å²) in [6.07, 6.45) is 90.4. The third-order valence-electron chi connectivity index (χ3n) is 15.4. The number of carbonyl (C=O) groups excluding carboxylic acids is 4. The number of hydrogen-bond acceptors (Lipinski definition) is 15. The minimum Gasteiger partial charge on any atom is -0.462 e. The Balaban J connectivity index is 5.51. The lowest BCUT2D eigenvalue weighted by molar-refractivity contribution is -0.161. The van der Waals surface area contributed by atoms with Crippen LogP contribution < -0.4 is 0 Å². The third-order valence-corrected chi connectivity index (χ3v) is 17.3. The van der Waals surface area contributed by atoms with Gasteiger partial charge in [0.25, 0.3) is 0 Å². The van der Waals surface area contributed by atoms with Crippen LogP contribution in [0.5, 0.6) is 0 Å². The van der Waals surface area contributed by atoms with Gasteiger partial charge in [0, 0.05) is 25.7 Å². The fourth-order valence-corrected chi connectivity index (χ4v) is 11.1. The number of unbranched alkanes of at least 4 members (excludes halogenated alkanes) is 15. The van der Waals surface area contributed by atoms with Crippen molar-refractivity contribution in [1.29, 1.82) is 0 Å². The van der Waals surface area contributed by atoms with Gasteiger partial charge in [-0.15, -0.1) is 0 Å². The first-order valence-electron chi connectivity index (χ1n) is 39.0. The van der Waals surface area contributed by atoms with Crippen molar-refractivity contribution in [3.8, 4) is 0 Å². The van der Waals surface area contributed by atoms with Gasteiger partial charge in [0.15, 0.2) is 12.2 Å². The SMILES string of the molecule is CC/C=C\C/C=C\C/C=C\C/C=C\C/C=C\C/C=C\CCC(=O)OCC(COP(=O)(O)OCC(O)COP(=O)(O)OCC(COC(=O)CCCCCCC/C=C\C/C=C\C/C=C\CC)OC(=O)CCCCCCC/C=C\C/C=C\CCCCC)OC(=O)CCCC/C=C\C/C=C\C/C=C\C/C=C\CC. The first-order chi connectivity index (χ1) is 50.7. The van der Waals surface area contributed by atoms with E-state index in [0.717, 1.165) is 161 Å². The third kappa shape index (κ3) is 74.4. The van der Waals surface area contributed by atoms with Crippen molar-refractivity contribution >= 4 is 39.5 Å². The minimum absolute atomic E-state index is 0.0189. The van der Waals surface area contributed by atoms with Crippen LogP contribution in [0.3, 0.4) is 0 Å². The zero-order valence-corrected chi connectivity index (χ0v) is 65.9. The molecule has 0 aliphatic carbocycles. The summed E-state index contributed by atoms with van der Waals surface area (Å²) >= 11 is 0. The lowest BCUT2D eigenvalue weighted by Gasteiger charge is -2.21. The topological polar surface area (TPSA) is 237 Å². The van der Waals surface area contributed by atoms with Crippen molar-refractivity contribution in [2.45, 2.75) is 290 Å². The first-order valence-corrected chi connectivity index (χ1v) is 42.0. The molecule has 0 bridgehead atoms. The molecule has 5 unspecified atom stereocenters. The van der Waals surface area contributed by atoms with Gasteiger partial charge in [-0.3, -0.25) is 37.3 Å². The Bertz CT molecular complexity index is 2690. The zero-order chi connectivity index (χ0) is 76.0. The first kappa shape index (κ1) is 98.2. The Hall–Kier alpha value is -5.84. The molecule has 17 nitrogen and oxygen atoms in total. The second-order valence-electron chi connectivity index (χ2n) is 25.1. The molecule has 0 aromatic rings. The van der Waals surface area contributed by atoms with Gasteiger partial charge >= 0.3 is 39.5 Å². The van der Waals surface area contributed by atoms with Gasteiger partial charge in [-0.2, -0.15) is 0 Å². The van der Waals surface area contributed by atoms with Crippen molar-refractivity contribution in [3.05, 3.63) is 182 Å². The average molecular weight is 1490 g/mol. The van der Waals surface area contributed by atoms with E-state index in [9.17, 15) is 43.2 Å². The highest BCUT2D eigenvalue weighted by Crippen LogP contribution is 2.45. The highest BCUT2D eigenvalue weighted by molar-refractivity contribution is 7.47. The molecule has 0 rings (SSSR count). The molecule has 3 N–H and O–H groups in total. The number of esters is 4. The number of allylic oxidation sites excluding steroid dienone is 30. The Kier molecular flexibility index (Phi) is 71.2. The molecule has 588 valence electrons. The van der Waals surface area contributed by atoms with Crippen molar-refractivity contribution < 1.29 is 80.2 Å². The molecular formula is C85H136O17P2. The molecule has 0 radical (unpaired) electrons. The van der Waals surface area contributed by atoms with Gasteiger partial charge in [0.1, 0.15) is 19.3 Å². The predicted molar refractivity (Wildman–Crippen MR) is 426 cm³/mol. The molecule has 0 spiro atoms. The van der Waals surface area contributed by atoms with Crippen molar-refractivity contribution in [2.75, 3.05) is 39.6 Å². The number of phosphoric acid groups is 2. The van der Waals surface area contributed by atoms with E-state index in [0.29, 0.717) is 38.5 Å². The number of phosphoric ester groups is 2. The van der Waals surface area contributed by atoms with Gasteiger partial charge in [0.05, 0.1) is 26.4 Å². The lowest BCUT2D eigenvalue weighted by Crippen LogP contribution is -2.30. The minimum atomic E-state index is -5.02. The van der Waals surface area contributed by atoms with E-state index < -0.39 is 97.5 Å². The highest BCUT2D eigenvalue weighted by Gasteiger charge is 2.30. The largest absolute Gasteiger partial charge is 0.472 e. The van der Waals surface area contributed by atoms with E-state index in [4.69, 9.17) is 37.0 Å². The zero-order valence-electron chi connectivity index (χ0n) is 64.1. The maximum atomic E-state index is 13.1. The molecule has 104 heavy (non-hydrogen) atoms. The van der Waals surface area contributed by atoms with Gasteiger partial charge in [-0.1, -0.05) is 261 Å². The molecule has 0 saturated heterocycles. The smallest absolute Gasteiger partial charge is 0.462 e. The standard InChI is InChI=1S/C85H136O17P2/c1-5-9-13-17-21-25-29-33-37-38-39-40-44-46-50-54-58-62-66-70-83(88)96-76-81(102-85(90)72-68-64-60-56-52-48-43-36-32-28-24-20-16-12-8-4)78-100-104(93,94)98-74-79(86)73-97-103(91,92)99-77-80(101-84(89)71-67-63-59-55-51-47-42-35-31-27-23-19-15-11-7-3)75-95-82(87)69-65-61-57-53-49-45-41-34-30-26-22-18-14-10-6-2/h9-10,12-14,16,21-28,33-37,39-43,46,50,52,56,58,62,79-81,86H,5-8,11,15,17-20,29-32,38,44-45,47-49,51,53-55,57,59-61,63-78H2,1-4H3,(H,91,92)(H,93,94)/b13-9-,14-10-,16-12-,25-21-,26-22-,27-23-,28-24-,37-33-,40-39-,41-34-,42-35-,43-36-,50-46-,56-52-,62-58-. The maximum absolute atomic E-state index is 13.1. The fraction of sp³-hybridized carbons (Fsp3) is 0.600. The molecule has 0 amide bonds. The van der Waals surface area contributed by atoms with E-state index >= 15 is 0 Å². The Morgan fingerprint density at radius 3 is 0.846 bits per heavy atom. The van der Waals surface area contributed by atoms with Gasteiger partial charge < -0.3 is 33.8 Å². The number of aliphatic hydroxyl groups excluding tert-OH is 1. The second-order valence-corrected chi connectivity index (χ2v) is 28.1. The van der Waals surface area contributed by atoms with E-state index in [2.05, 4.69) is 186 Å². The number of hydrogen-bond donors (Lipinski definition) is 3. The van der Waals surface area contributed by atoms with Gasteiger partial charge in [0.2, 0.25) is 0 Å². The van der Waals surface area contributed by atoms with Crippen LogP contribution >= 0.6 is 15.6 Å². The summed E-state index contributed by atoms with van der Waals surface area (Å²) in [5, 5.41) is 10.6. The molecule has 0 saturated carbocycles. The van der Waals surface area contributed by atoms with Crippen molar-refractivity contribution in [2.24, 2.45) is 0 Å². The summed E-state index contributed by atoms with van der Waals surface area (Å²) in [6, 6.07) is 0. The molecular weight excluding hydrogens is 1350 g/mol. The maximum Gasteiger partial charge on any atom is 0.472 e. The number of aliphatic hydroxyl groups is 1. The molecule has 0 aliphatic heterocycles. The summed E-state index contributed by atoms with van der Waals surface area (Å²) in [7, 11) is -10.0. The average Bonchev–Trinajstić information content (AvgIpc) is 0.918. The molecule has 0 aromatic heterocycles. The monoisotopic (exact) mass is 1490 g/mol. The molecule has 19 heteroatoms. The predicted octanol–water partition coefficient (Wildman–Crippen LogP) is 22.8. The van der Waals surface area contributed by atoms with Crippen LogP contribution in [0, 0.1) is 0 Å². The molecule has 5 atom stereocenters. The molecule has 0 fully saturated rings. The second kappa shape index (κ2) is 75.4. The molecule has 0 aliphatic rings. The molecule has 0 heterocycles. The van der Waals surface area contributed by atoms with Crippen LogP contribution in [0.1, 0.15) is 272 Å².